The molecular formula is C14H27NO2. The molecule has 100 valence electrons. The number of carbonyl (C=O) groups excluding carboxylic acids is 1. The summed E-state index contributed by atoms with van der Waals surface area (Å²) in [5, 5.41) is 0. The maximum absolute atomic E-state index is 11.8. The summed E-state index contributed by atoms with van der Waals surface area (Å²) >= 11 is 0. The van der Waals surface area contributed by atoms with Crippen molar-refractivity contribution in [3.05, 3.63) is 0 Å². The van der Waals surface area contributed by atoms with Crippen molar-refractivity contribution in [1.82, 2.24) is 4.90 Å². The molecule has 0 heterocycles. The monoisotopic (exact) mass is 241 g/mol. The summed E-state index contributed by atoms with van der Waals surface area (Å²) in [6.45, 7) is 4.59. The normalized spacial score (nSPS) is 29.4. The molecule has 0 bridgehead atoms. The van der Waals surface area contributed by atoms with E-state index in [4.69, 9.17) is 4.74 Å². The maximum Gasteiger partial charge on any atom is 0.307 e. The van der Waals surface area contributed by atoms with Crippen LogP contribution in [0.5, 0.6) is 0 Å². The van der Waals surface area contributed by atoms with Crippen LogP contribution in [0.3, 0.4) is 0 Å². The molecule has 1 rings (SSSR count). The first kappa shape index (κ1) is 14.5. The summed E-state index contributed by atoms with van der Waals surface area (Å²) < 4.78 is 5.15. The van der Waals surface area contributed by atoms with Crippen molar-refractivity contribution >= 4 is 5.97 Å². The molecule has 0 aromatic carbocycles. The highest BCUT2D eigenvalue weighted by Gasteiger charge is 2.43. The first-order valence-electron chi connectivity index (χ1n) is 6.90. The number of hydrogen-bond acceptors (Lipinski definition) is 3. The van der Waals surface area contributed by atoms with Crippen LogP contribution in [0.15, 0.2) is 0 Å². The highest BCUT2D eigenvalue weighted by atomic mass is 16.5. The van der Waals surface area contributed by atoms with E-state index in [0.29, 0.717) is 18.9 Å². The lowest BCUT2D eigenvalue weighted by molar-refractivity contribution is -0.148. The van der Waals surface area contributed by atoms with E-state index in [9.17, 15) is 4.79 Å². The zero-order chi connectivity index (χ0) is 12.9. The van der Waals surface area contributed by atoms with Crippen molar-refractivity contribution in [2.45, 2.75) is 57.9 Å². The second kappa shape index (κ2) is 6.39. The van der Waals surface area contributed by atoms with E-state index >= 15 is 0 Å². The van der Waals surface area contributed by atoms with Gasteiger partial charge >= 0.3 is 5.97 Å². The van der Waals surface area contributed by atoms with Crippen LogP contribution in [0, 0.1) is 5.92 Å². The van der Waals surface area contributed by atoms with E-state index in [-0.39, 0.29) is 11.5 Å². The average Bonchev–Trinajstić information content (AvgIpc) is 2.29. The van der Waals surface area contributed by atoms with Gasteiger partial charge in [0.1, 0.15) is 0 Å². The van der Waals surface area contributed by atoms with Gasteiger partial charge in [-0.15, -0.1) is 0 Å². The Morgan fingerprint density at radius 2 is 2.06 bits per heavy atom. The van der Waals surface area contributed by atoms with Gasteiger partial charge in [-0.05, 0) is 39.8 Å². The van der Waals surface area contributed by atoms with Gasteiger partial charge in [-0.1, -0.05) is 26.2 Å². The van der Waals surface area contributed by atoms with Crippen LogP contribution in [-0.2, 0) is 9.53 Å². The minimum absolute atomic E-state index is 0.0270. The predicted molar refractivity (Wildman–Crippen MR) is 69.9 cm³/mol. The van der Waals surface area contributed by atoms with Crippen molar-refractivity contribution in [2.24, 2.45) is 5.92 Å². The fraction of sp³-hybridized carbons (Fsp3) is 0.929. The van der Waals surface area contributed by atoms with Crippen LogP contribution < -0.4 is 0 Å². The van der Waals surface area contributed by atoms with Gasteiger partial charge in [-0.25, -0.2) is 0 Å². The highest BCUT2D eigenvalue weighted by molar-refractivity contribution is 5.71. The van der Waals surface area contributed by atoms with Gasteiger partial charge in [0.25, 0.3) is 0 Å². The third-order valence-corrected chi connectivity index (χ3v) is 4.31. The predicted octanol–water partition coefficient (Wildman–Crippen LogP) is 2.84. The summed E-state index contributed by atoms with van der Waals surface area (Å²) in [5.41, 5.74) is 0.0270. The molecule has 1 saturated carbocycles. The van der Waals surface area contributed by atoms with Crippen molar-refractivity contribution in [3.8, 4) is 0 Å². The van der Waals surface area contributed by atoms with Crippen LogP contribution >= 0.6 is 0 Å². The average molecular weight is 241 g/mol. The SMILES string of the molecule is CCOC(=O)CC1(N(C)C)CCCCC1CC. The lowest BCUT2D eigenvalue weighted by atomic mass is 9.69. The minimum atomic E-state index is -0.0402. The number of hydrogen-bond donors (Lipinski definition) is 0. The third kappa shape index (κ3) is 3.21. The summed E-state index contributed by atoms with van der Waals surface area (Å²) in [7, 11) is 4.21. The van der Waals surface area contributed by atoms with Crippen LogP contribution in [0.25, 0.3) is 0 Å². The molecule has 1 aliphatic carbocycles. The van der Waals surface area contributed by atoms with Gasteiger partial charge in [-0.2, -0.15) is 0 Å². The molecule has 1 fully saturated rings. The van der Waals surface area contributed by atoms with Gasteiger partial charge in [0, 0.05) is 5.54 Å². The molecule has 2 atom stereocenters. The van der Waals surface area contributed by atoms with Gasteiger partial charge in [0.2, 0.25) is 0 Å². The maximum atomic E-state index is 11.8. The standard InChI is InChI=1S/C14H27NO2/c1-5-12-9-7-8-10-14(12,15(3)4)11-13(16)17-6-2/h12H,5-11H2,1-4H3. The van der Waals surface area contributed by atoms with Crippen molar-refractivity contribution in [1.29, 1.82) is 0 Å². The van der Waals surface area contributed by atoms with Crippen LogP contribution in [0.2, 0.25) is 0 Å². The number of esters is 1. The molecule has 3 heteroatoms. The van der Waals surface area contributed by atoms with E-state index in [1.165, 1.54) is 19.3 Å². The molecule has 1 aliphatic rings. The zero-order valence-electron chi connectivity index (χ0n) is 11.8. The Bertz CT molecular complexity index is 253. The molecule has 2 unspecified atom stereocenters. The third-order valence-electron chi connectivity index (χ3n) is 4.31. The molecule has 0 radical (unpaired) electrons. The molecule has 0 amide bonds. The topological polar surface area (TPSA) is 29.5 Å². The smallest absolute Gasteiger partial charge is 0.307 e. The molecule has 0 aliphatic heterocycles. The Labute approximate surface area is 106 Å². The van der Waals surface area contributed by atoms with Gasteiger partial charge in [-0.3, -0.25) is 4.79 Å². The number of carbonyl (C=O) groups is 1. The second-order valence-corrected chi connectivity index (χ2v) is 5.33. The van der Waals surface area contributed by atoms with Crippen molar-refractivity contribution in [3.63, 3.8) is 0 Å². The molecule has 17 heavy (non-hydrogen) atoms. The fourth-order valence-electron chi connectivity index (χ4n) is 3.32. The quantitative estimate of drug-likeness (QED) is 0.693. The van der Waals surface area contributed by atoms with Crippen LogP contribution in [0.4, 0.5) is 0 Å². The largest absolute Gasteiger partial charge is 0.466 e. The minimum Gasteiger partial charge on any atom is -0.466 e. The first-order valence-corrected chi connectivity index (χ1v) is 6.90. The zero-order valence-corrected chi connectivity index (χ0v) is 11.8. The second-order valence-electron chi connectivity index (χ2n) is 5.33. The molecule has 3 nitrogen and oxygen atoms in total. The summed E-state index contributed by atoms with van der Waals surface area (Å²) in [4.78, 5) is 14.1. The Hall–Kier alpha value is -0.570. The lowest BCUT2D eigenvalue weighted by Gasteiger charge is -2.48. The summed E-state index contributed by atoms with van der Waals surface area (Å²) in [5.74, 6) is 0.581. The van der Waals surface area contributed by atoms with Gasteiger partial charge < -0.3 is 9.64 Å². The molecular weight excluding hydrogens is 214 g/mol. The van der Waals surface area contributed by atoms with E-state index in [2.05, 4.69) is 25.9 Å². The number of rotatable bonds is 5. The van der Waals surface area contributed by atoms with E-state index in [0.717, 1.165) is 12.8 Å². The highest BCUT2D eigenvalue weighted by Crippen LogP contribution is 2.41. The van der Waals surface area contributed by atoms with Gasteiger partial charge in [0.05, 0.1) is 13.0 Å². The number of ether oxygens (including phenoxy) is 1. The Kier molecular flexibility index (Phi) is 5.44. The Balaban J connectivity index is 2.82. The number of nitrogens with zero attached hydrogens (tertiary/aromatic N) is 1. The van der Waals surface area contributed by atoms with Crippen molar-refractivity contribution in [2.75, 3.05) is 20.7 Å². The molecule has 0 N–H and O–H groups in total. The molecule has 0 aromatic rings. The van der Waals surface area contributed by atoms with Crippen molar-refractivity contribution < 1.29 is 9.53 Å². The fourth-order valence-corrected chi connectivity index (χ4v) is 3.32. The lowest BCUT2D eigenvalue weighted by Crippen LogP contribution is -2.53. The van der Waals surface area contributed by atoms with Crippen LogP contribution in [-0.4, -0.2) is 37.1 Å². The van der Waals surface area contributed by atoms with Gasteiger partial charge in [0.15, 0.2) is 0 Å². The Morgan fingerprint density at radius 3 is 2.59 bits per heavy atom. The molecule has 0 aromatic heterocycles. The van der Waals surface area contributed by atoms with E-state index in [1.807, 2.05) is 6.92 Å². The first-order chi connectivity index (χ1) is 8.06. The van der Waals surface area contributed by atoms with Crippen LogP contribution in [0.1, 0.15) is 52.4 Å². The van der Waals surface area contributed by atoms with E-state index in [1.54, 1.807) is 0 Å². The van der Waals surface area contributed by atoms with E-state index < -0.39 is 0 Å². The molecule has 0 saturated heterocycles. The summed E-state index contributed by atoms with van der Waals surface area (Å²) in [6, 6.07) is 0. The summed E-state index contributed by atoms with van der Waals surface area (Å²) in [6.07, 6.45) is 6.60. The molecule has 0 spiro atoms. The Morgan fingerprint density at radius 1 is 1.35 bits per heavy atom.